The molecule has 142 valence electrons. The largest absolute Gasteiger partial charge is 0.445 e. The molecule has 0 aliphatic carbocycles. The summed E-state index contributed by atoms with van der Waals surface area (Å²) in [5.74, 6) is -0.343. The first-order valence-electron chi connectivity index (χ1n) is 8.68. The number of amides is 1. The predicted octanol–water partition coefficient (Wildman–Crippen LogP) is 1.98. The van der Waals surface area contributed by atoms with Gasteiger partial charge in [-0.3, -0.25) is 9.59 Å². The second-order valence-corrected chi connectivity index (χ2v) is 6.12. The Hall–Kier alpha value is -2.25. The molecule has 0 spiro atoms. The van der Waals surface area contributed by atoms with Crippen molar-refractivity contribution in [1.82, 2.24) is 4.90 Å². The highest BCUT2D eigenvalue weighted by molar-refractivity contribution is 5.96. The van der Waals surface area contributed by atoms with Crippen LogP contribution in [0.1, 0.15) is 25.3 Å². The summed E-state index contributed by atoms with van der Waals surface area (Å²) in [7, 11) is 1.57. The quantitative estimate of drug-likeness (QED) is 0.493. The van der Waals surface area contributed by atoms with Crippen LogP contribution in [0.15, 0.2) is 30.3 Å². The Balaban J connectivity index is 1.98. The zero-order valence-electron chi connectivity index (χ0n) is 15.1. The summed E-state index contributed by atoms with van der Waals surface area (Å²) >= 11 is 0. The van der Waals surface area contributed by atoms with E-state index in [4.69, 9.17) is 14.2 Å². The van der Waals surface area contributed by atoms with Gasteiger partial charge >= 0.3 is 6.09 Å². The molecule has 7 nitrogen and oxygen atoms in total. The molecule has 3 atom stereocenters. The Morgan fingerprint density at radius 1 is 1.31 bits per heavy atom. The average molecular weight is 363 g/mol. The van der Waals surface area contributed by atoms with Gasteiger partial charge in [-0.25, -0.2) is 4.79 Å². The number of methoxy groups -OCH3 is 1. The van der Waals surface area contributed by atoms with Gasteiger partial charge in [0.05, 0.1) is 12.6 Å². The molecule has 2 rings (SSSR count). The smallest absolute Gasteiger partial charge is 0.410 e. The van der Waals surface area contributed by atoms with Gasteiger partial charge < -0.3 is 19.1 Å². The zero-order valence-corrected chi connectivity index (χ0v) is 15.1. The molecule has 1 saturated heterocycles. The van der Waals surface area contributed by atoms with Crippen LogP contribution in [-0.4, -0.2) is 61.6 Å². The molecule has 7 heteroatoms. The number of hydrogen-bond acceptors (Lipinski definition) is 6. The van der Waals surface area contributed by atoms with Crippen LogP contribution in [-0.2, 0) is 30.4 Å². The van der Waals surface area contributed by atoms with Crippen molar-refractivity contribution in [2.75, 3.05) is 20.3 Å². The summed E-state index contributed by atoms with van der Waals surface area (Å²) in [5.41, 5.74) is 0.883. The number of benzene rings is 1. The Morgan fingerprint density at radius 3 is 2.65 bits per heavy atom. The van der Waals surface area contributed by atoms with Crippen LogP contribution in [0.2, 0.25) is 0 Å². The molecular formula is C19H25NO6. The molecule has 0 radical (unpaired) electrons. The molecule has 3 unspecified atom stereocenters. The lowest BCUT2D eigenvalue weighted by atomic mass is 10.0. The van der Waals surface area contributed by atoms with E-state index in [-0.39, 0.29) is 37.6 Å². The fourth-order valence-electron chi connectivity index (χ4n) is 3.00. The van der Waals surface area contributed by atoms with Crippen LogP contribution in [0.25, 0.3) is 0 Å². The minimum absolute atomic E-state index is 0.0315. The maximum absolute atomic E-state index is 12.5. The third kappa shape index (κ3) is 5.37. The van der Waals surface area contributed by atoms with Gasteiger partial charge in [-0.2, -0.15) is 0 Å². The first kappa shape index (κ1) is 20.1. The Labute approximate surface area is 153 Å². The molecule has 26 heavy (non-hydrogen) atoms. The highest BCUT2D eigenvalue weighted by Crippen LogP contribution is 2.24. The summed E-state index contributed by atoms with van der Waals surface area (Å²) in [6.45, 7) is 2.49. The van der Waals surface area contributed by atoms with Crippen LogP contribution >= 0.6 is 0 Å². The van der Waals surface area contributed by atoms with E-state index in [0.717, 1.165) is 5.56 Å². The first-order valence-corrected chi connectivity index (χ1v) is 8.68. The Morgan fingerprint density at radius 2 is 2.04 bits per heavy atom. The van der Waals surface area contributed by atoms with Crippen molar-refractivity contribution in [1.29, 1.82) is 0 Å². The van der Waals surface area contributed by atoms with E-state index < -0.39 is 12.2 Å². The van der Waals surface area contributed by atoms with Gasteiger partial charge in [0.25, 0.3) is 0 Å². The lowest BCUT2D eigenvalue weighted by Gasteiger charge is -2.24. The number of ether oxygens (including phenoxy) is 3. The fourth-order valence-corrected chi connectivity index (χ4v) is 3.00. The maximum Gasteiger partial charge on any atom is 0.410 e. The van der Waals surface area contributed by atoms with Crippen LogP contribution in [0, 0.1) is 0 Å². The van der Waals surface area contributed by atoms with Crippen molar-refractivity contribution in [3.8, 4) is 0 Å². The average Bonchev–Trinajstić information content (AvgIpc) is 3.07. The summed E-state index contributed by atoms with van der Waals surface area (Å²) in [5, 5.41) is 0. The van der Waals surface area contributed by atoms with Crippen molar-refractivity contribution in [3.63, 3.8) is 0 Å². The number of carbonyl (C=O) groups is 3. The second-order valence-electron chi connectivity index (χ2n) is 6.12. The third-order valence-corrected chi connectivity index (χ3v) is 4.37. The first-order chi connectivity index (χ1) is 12.6. The minimum atomic E-state index is -1.09. The van der Waals surface area contributed by atoms with Crippen molar-refractivity contribution >= 4 is 18.2 Å². The number of Topliss-reactive ketones (excluding diaryl/α,β-unsaturated/α-hetero) is 1. The number of ketones is 1. The zero-order chi connectivity index (χ0) is 18.9. The minimum Gasteiger partial charge on any atom is -0.445 e. The van der Waals surface area contributed by atoms with Gasteiger partial charge in [0.1, 0.15) is 6.61 Å². The number of hydrogen-bond donors (Lipinski definition) is 0. The van der Waals surface area contributed by atoms with E-state index in [1.807, 2.05) is 30.3 Å². The van der Waals surface area contributed by atoms with E-state index in [1.54, 1.807) is 14.0 Å². The molecule has 0 saturated carbocycles. The van der Waals surface area contributed by atoms with Gasteiger partial charge in [-0.15, -0.1) is 0 Å². The molecule has 1 aromatic carbocycles. The van der Waals surface area contributed by atoms with Crippen molar-refractivity contribution in [3.05, 3.63) is 35.9 Å². The highest BCUT2D eigenvalue weighted by Gasteiger charge is 2.38. The normalized spacial score (nSPS) is 20.6. The Kier molecular flexibility index (Phi) is 7.74. The summed E-state index contributed by atoms with van der Waals surface area (Å²) in [6, 6.07) is 8.99. The second kappa shape index (κ2) is 10.0. The van der Waals surface area contributed by atoms with Crippen molar-refractivity contribution in [2.24, 2.45) is 0 Å². The van der Waals surface area contributed by atoms with E-state index in [1.165, 1.54) is 4.90 Å². The lowest BCUT2D eigenvalue weighted by molar-refractivity contribution is -0.136. The van der Waals surface area contributed by atoms with Gasteiger partial charge in [0.2, 0.25) is 0 Å². The van der Waals surface area contributed by atoms with E-state index in [9.17, 15) is 14.4 Å². The van der Waals surface area contributed by atoms with E-state index in [0.29, 0.717) is 19.3 Å². The molecule has 0 bridgehead atoms. The third-order valence-electron chi connectivity index (χ3n) is 4.37. The van der Waals surface area contributed by atoms with Gasteiger partial charge in [0, 0.05) is 26.2 Å². The maximum atomic E-state index is 12.5. The van der Waals surface area contributed by atoms with Gasteiger partial charge in [-0.05, 0) is 18.9 Å². The highest BCUT2D eigenvalue weighted by atomic mass is 16.6. The monoisotopic (exact) mass is 363 g/mol. The number of nitrogens with zero attached hydrogens (tertiary/aromatic N) is 1. The summed E-state index contributed by atoms with van der Waals surface area (Å²) < 4.78 is 15.8. The SMILES string of the molecule is CCOC(C=O)C(=O)CC1CC(OC)CN1C(=O)OCc1ccccc1. The van der Waals surface area contributed by atoms with Crippen LogP contribution in [0.5, 0.6) is 0 Å². The van der Waals surface area contributed by atoms with E-state index in [2.05, 4.69) is 0 Å². The molecule has 1 aliphatic rings. The molecule has 1 fully saturated rings. The molecule has 1 aliphatic heterocycles. The van der Waals surface area contributed by atoms with Crippen molar-refractivity contribution in [2.45, 2.75) is 44.6 Å². The lowest BCUT2D eigenvalue weighted by Crippen LogP contribution is -2.39. The fraction of sp³-hybridized carbons (Fsp3) is 0.526. The number of likely N-dealkylation sites (tertiary alicyclic amines) is 1. The molecular weight excluding hydrogens is 338 g/mol. The number of aldehydes is 1. The number of carbonyl (C=O) groups excluding carboxylic acids is 3. The molecule has 1 aromatic rings. The van der Waals surface area contributed by atoms with E-state index >= 15 is 0 Å². The van der Waals surface area contributed by atoms with Crippen molar-refractivity contribution < 1.29 is 28.6 Å². The standard InChI is InChI=1S/C19H25NO6/c1-3-25-18(12-21)17(22)10-15-9-16(24-2)11-20(15)19(23)26-13-14-7-5-4-6-8-14/h4-8,12,15-16,18H,3,9-11,13H2,1-2H3. The Bertz CT molecular complexity index is 605. The summed E-state index contributed by atoms with van der Waals surface area (Å²) in [6.07, 6.45) is -0.718. The van der Waals surface area contributed by atoms with Crippen LogP contribution in [0.4, 0.5) is 4.79 Å². The topological polar surface area (TPSA) is 82.1 Å². The molecule has 0 aromatic heterocycles. The van der Waals surface area contributed by atoms with Crippen LogP contribution < -0.4 is 0 Å². The molecule has 0 N–H and O–H groups in total. The predicted molar refractivity (Wildman–Crippen MR) is 93.6 cm³/mol. The number of rotatable bonds is 9. The molecule has 1 heterocycles. The van der Waals surface area contributed by atoms with Gasteiger partial charge in [-0.1, -0.05) is 30.3 Å². The summed E-state index contributed by atoms with van der Waals surface area (Å²) in [4.78, 5) is 37.3. The molecule has 1 amide bonds. The van der Waals surface area contributed by atoms with Gasteiger partial charge in [0.15, 0.2) is 18.2 Å². The van der Waals surface area contributed by atoms with Crippen LogP contribution in [0.3, 0.4) is 0 Å².